The summed E-state index contributed by atoms with van der Waals surface area (Å²) in [6, 6.07) is 9.34. The topological polar surface area (TPSA) is 73.6 Å². The molecule has 1 aliphatic heterocycles. The molecule has 0 saturated carbocycles. The van der Waals surface area contributed by atoms with Crippen LogP contribution in [0.1, 0.15) is 30.9 Å². The van der Waals surface area contributed by atoms with Crippen LogP contribution in [-0.2, 0) is 16.1 Å². The molecule has 2 amide bonds. The van der Waals surface area contributed by atoms with Crippen molar-refractivity contribution in [3.63, 3.8) is 0 Å². The summed E-state index contributed by atoms with van der Waals surface area (Å²) in [5, 5.41) is 8.95. The maximum atomic E-state index is 12.7. The fourth-order valence-corrected chi connectivity index (χ4v) is 2.96. The summed E-state index contributed by atoms with van der Waals surface area (Å²) in [6.07, 6.45) is 1.23. The van der Waals surface area contributed by atoms with Gasteiger partial charge in [-0.2, -0.15) is 5.26 Å². The van der Waals surface area contributed by atoms with Gasteiger partial charge in [-0.25, -0.2) is 4.79 Å². The number of piperidine rings is 1. The van der Waals surface area contributed by atoms with Crippen LogP contribution in [0, 0.1) is 17.2 Å². The first-order chi connectivity index (χ1) is 11.5. The van der Waals surface area contributed by atoms with Gasteiger partial charge in [0.15, 0.2) is 0 Å². The third-order valence-corrected chi connectivity index (χ3v) is 4.15. The van der Waals surface area contributed by atoms with Crippen molar-refractivity contribution in [2.75, 3.05) is 26.7 Å². The molecule has 0 N–H and O–H groups in total. The number of likely N-dealkylation sites (tertiary alicyclic amines) is 1. The van der Waals surface area contributed by atoms with Crippen molar-refractivity contribution < 1.29 is 14.3 Å². The first-order valence-electron chi connectivity index (χ1n) is 8.20. The first kappa shape index (κ1) is 17.8. The van der Waals surface area contributed by atoms with Crippen LogP contribution in [0.4, 0.5) is 4.79 Å². The molecule has 0 aliphatic carbocycles. The molecule has 6 nitrogen and oxygen atoms in total. The second-order valence-electron chi connectivity index (χ2n) is 5.99. The quantitative estimate of drug-likeness (QED) is 0.850. The molecular formula is C18H23N3O3. The van der Waals surface area contributed by atoms with E-state index in [4.69, 9.17) is 10.00 Å². The molecule has 24 heavy (non-hydrogen) atoms. The van der Waals surface area contributed by atoms with Gasteiger partial charge in [-0.1, -0.05) is 12.1 Å². The van der Waals surface area contributed by atoms with Crippen LogP contribution in [-0.4, -0.2) is 48.5 Å². The third-order valence-electron chi connectivity index (χ3n) is 4.15. The van der Waals surface area contributed by atoms with E-state index in [1.54, 1.807) is 35.9 Å². The van der Waals surface area contributed by atoms with Crippen molar-refractivity contribution in [1.29, 1.82) is 5.26 Å². The van der Waals surface area contributed by atoms with E-state index in [9.17, 15) is 9.59 Å². The number of rotatable bonds is 4. The van der Waals surface area contributed by atoms with Gasteiger partial charge in [0.2, 0.25) is 5.91 Å². The van der Waals surface area contributed by atoms with Crippen molar-refractivity contribution in [3.8, 4) is 6.07 Å². The second-order valence-corrected chi connectivity index (χ2v) is 5.99. The Morgan fingerprint density at radius 1 is 1.46 bits per heavy atom. The number of carbonyl (C=O) groups is 2. The van der Waals surface area contributed by atoms with Crippen molar-refractivity contribution in [2.45, 2.75) is 26.3 Å². The highest BCUT2D eigenvalue weighted by Gasteiger charge is 2.30. The minimum Gasteiger partial charge on any atom is -0.450 e. The zero-order valence-corrected chi connectivity index (χ0v) is 14.2. The monoisotopic (exact) mass is 329 g/mol. The predicted octanol–water partition coefficient (Wildman–Crippen LogP) is 2.39. The van der Waals surface area contributed by atoms with Gasteiger partial charge < -0.3 is 14.5 Å². The summed E-state index contributed by atoms with van der Waals surface area (Å²) in [5.41, 5.74) is 1.50. The van der Waals surface area contributed by atoms with Gasteiger partial charge >= 0.3 is 6.09 Å². The lowest BCUT2D eigenvalue weighted by Gasteiger charge is -2.33. The Morgan fingerprint density at radius 2 is 2.25 bits per heavy atom. The molecular weight excluding hydrogens is 306 g/mol. The summed E-state index contributed by atoms with van der Waals surface area (Å²) < 4.78 is 5.02. The molecule has 0 aromatic heterocycles. The Morgan fingerprint density at radius 3 is 2.96 bits per heavy atom. The molecule has 1 heterocycles. The van der Waals surface area contributed by atoms with Gasteiger partial charge in [0, 0.05) is 26.7 Å². The van der Waals surface area contributed by atoms with Crippen molar-refractivity contribution in [3.05, 3.63) is 35.4 Å². The summed E-state index contributed by atoms with van der Waals surface area (Å²) in [4.78, 5) is 27.8. The average molecular weight is 329 g/mol. The lowest BCUT2D eigenvalue weighted by molar-refractivity contribution is -0.136. The molecule has 2 rings (SSSR count). The summed E-state index contributed by atoms with van der Waals surface area (Å²) >= 11 is 0. The number of amides is 2. The Labute approximate surface area is 142 Å². The Balaban J connectivity index is 1.96. The van der Waals surface area contributed by atoms with Gasteiger partial charge in [0.05, 0.1) is 24.2 Å². The number of nitrogens with zero attached hydrogens (tertiary/aromatic N) is 3. The standard InChI is InChI=1S/C18H23N3O3/c1-3-24-18(23)21-9-5-8-16(13-21)17(22)20(2)12-15-7-4-6-14(10-15)11-19/h4,6-7,10,16H,3,5,8-9,12-13H2,1-2H3. The molecule has 1 saturated heterocycles. The maximum Gasteiger partial charge on any atom is 0.409 e. The highest BCUT2D eigenvalue weighted by atomic mass is 16.6. The maximum absolute atomic E-state index is 12.7. The van der Waals surface area contributed by atoms with E-state index in [-0.39, 0.29) is 17.9 Å². The van der Waals surface area contributed by atoms with E-state index in [2.05, 4.69) is 6.07 Å². The van der Waals surface area contributed by atoms with Crippen LogP contribution in [0.2, 0.25) is 0 Å². The lowest BCUT2D eigenvalue weighted by Crippen LogP contribution is -2.45. The van der Waals surface area contributed by atoms with Crippen molar-refractivity contribution in [2.24, 2.45) is 5.92 Å². The van der Waals surface area contributed by atoms with Gasteiger partial charge in [-0.05, 0) is 37.5 Å². The smallest absolute Gasteiger partial charge is 0.409 e. The molecule has 6 heteroatoms. The van der Waals surface area contributed by atoms with Crippen LogP contribution in [0.15, 0.2) is 24.3 Å². The zero-order chi connectivity index (χ0) is 17.5. The van der Waals surface area contributed by atoms with Crippen LogP contribution < -0.4 is 0 Å². The van der Waals surface area contributed by atoms with Gasteiger partial charge in [0.1, 0.15) is 0 Å². The van der Waals surface area contributed by atoms with Gasteiger partial charge in [-0.3, -0.25) is 4.79 Å². The summed E-state index contributed by atoms with van der Waals surface area (Å²) in [7, 11) is 1.75. The van der Waals surface area contributed by atoms with Crippen LogP contribution >= 0.6 is 0 Å². The normalized spacial score (nSPS) is 17.0. The van der Waals surface area contributed by atoms with Crippen molar-refractivity contribution >= 4 is 12.0 Å². The van der Waals surface area contributed by atoms with Crippen molar-refractivity contribution in [1.82, 2.24) is 9.80 Å². The third kappa shape index (κ3) is 4.48. The van der Waals surface area contributed by atoms with E-state index >= 15 is 0 Å². The highest BCUT2D eigenvalue weighted by molar-refractivity contribution is 5.80. The number of ether oxygens (including phenoxy) is 1. The molecule has 0 spiro atoms. The fourth-order valence-electron chi connectivity index (χ4n) is 2.96. The minimum absolute atomic E-state index is 0.0198. The predicted molar refractivity (Wildman–Crippen MR) is 89.0 cm³/mol. The molecule has 0 radical (unpaired) electrons. The molecule has 1 unspecified atom stereocenters. The second kappa shape index (κ2) is 8.34. The van der Waals surface area contributed by atoms with Gasteiger partial charge in [0.25, 0.3) is 0 Å². The van der Waals surface area contributed by atoms with E-state index in [1.165, 1.54) is 0 Å². The number of benzene rings is 1. The number of hydrogen-bond donors (Lipinski definition) is 0. The molecule has 1 aromatic carbocycles. The zero-order valence-electron chi connectivity index (χ0n) is 14.2. The van der Waals surface area contributed by atoms with E-state index in [0.717, 1.165) is 18.4 Å². The molecule has 1 atom stereocenters. The average Bonchev–Trinajstić information content (AvgIpc) is 2.61. The SMILES string of the molecule is CCOC(=O)N1CCCC(C(=O)N(C)Cc2cccc(C#N)c2)C1. The fraction of sp³-hybridized carbons (Fsp3) is 0.500. The van der Waals surface area contributed by atoms with E-state index < -0.39 is 0 Å². The molecule has 1 aliphatic rings. The Bertz CT molecular complexity index is 639. The number of carbonyl (C=O) groups excluding carboxylic acids is 2. The Hall–Kier alpha value is -2.55. The highest BCUT2D eigenvalue weighted by Crippen LogP contribution is 2.20. The van der Waals surface area contributed by atoms with E-state index in [1.807, 2.05) is 12.1 Å². The molecule has 0 bridgehead atoms. The lowest BCUT2D eigenvalue weighted by atomic mass is 9.96. The molecule has 1 fully saturated rings. The summed E-state index contributed by atoms with van der Waals surface area (Å²) in [6.45, 7) is 3.59. The molecule has 128 valence electrons. The Kier molecular flexibility index (Phi) is 6.19. The first-order valence-corrected chi connectivity index (χ1v) is 8.20. The summed E-state index contributed by atoms with van der Waals surface area (Å²) in [5.74, 6) is -0.182. The number of nitriles is 1. The largest absolute Gasteiger partial charge is 0.450 e. The van der Waals surface area contributed by atoms with Gasteiger partial charge in [-0.15, -0.1) is 0 Å². The minimum atomic E-state index is -0.348. The molecule has 1 aromatic rings. The van der Waals surface area contributed by atoms with E-state index in [0.29, 0.717) is 31.8 Å². The van der Waals surface area contributed by atoms with Crippen LogP contribution in [0.5, 0.6) is 0 Å². The van der Waals surface area contributed by atoms with Crippen LogP contribution in [0.3, 0.4) is 0 Å². The number of hydrogen-bond acceptors (Lipinski definition) is 4. The van der Waals surface area contributed by atoms with Crippen LogP contribution in [0.25, 0.3) is 0 Å².